The number of nitrogens with one attached hydrogen (secondary N) is 2. The summed E-state index contributed by atoms with van der Waals surface area (Å²) in [5.41, 5.74) is 10.8. The molecule has 542 valence electrons. The second kappa shape index (κ2) is 70.8. The van der Waals surface area contributed by atoms with Crippen molar-refractivity contribution in [2.45, 2.75) is 228 Å². The third-order valence-corrected chi connectivity index (χ3v) is 12.9. The fourth-order valence-electron chi connectivity index (χ4n) is 4.54. The highest BCUT2D eigenvalue weighted by Gasteiger charge is 1.95. The summed E-state index contributed by atoms with van der Waals surface area (Å²) < 4.78 is 34.2. The fourth-order valence-corrected chi connectivity index (χ4v) is 7.44. The molecule has 0 saturated carbocycles. The first kappa shape index (κ1) is 100. The maximum Gasteiger partial charge on any atom is 0.223 e. The van der Waals surface area contributed by atoms with Crippen LogP contribution in [0.3, 0.4) is 0 Å². The van der Waals surface area contributed by atoms with Crippen molar-refractivity contribution in [3.63, 3.8) is 0 Å². The molecule has 0 atom stereocenters. The van der Waals surface area contributed by atoms with Gasteiger partial charge in [-0.15, -0.1) is 44.2 Å². The molecule has 12 aromatic rings. The maximum atomic E-state index is 4.86. The highest BCUT2D eigenvalue weighted by molar-refractivity contribution is 7.09. The molecular formula is C65H112N22O4S6. The first-order chi connectivity index (χ1) is 46.4. The van der Waals surface area contributed by atoms with Crippen molar-refractivity contribution >= 4 is 75.0 Å². The van der Waals surface area contributed by atoms with Crippen molar-refractivity contribution < 1.29 is 18.1 Å². The quantitative estimate of drug-likeness (QED) is 0.142. The molecule has 0 fully saturated rings. The molecule has 13 heterocycles. The Morgan fingerprint density at radius 2 is 0.959 bits per heavy atom. The van der Waals surface area contributed by atoms with Crippen LogP contribution in [0.2, 0.25) is 0 Å². The van der Waals surface area contributed by atoms with E-state index in [9.17, 15) is 0 Å². The SMILES string of the molecule is CC.CC.CC.CC.CC.CC.CC1=CCC=N1.Cc1cnc[nH]1.Cc1cncs1.Cc1cscn1.Cc1ncc[nH]1.Cc1nccs1.Cc1nnc(C)o1.Cc1noc(C)n1.Cc1noc(C)n1.Cc1nonc1C.Cc1nsc(C)n1.Cc1nsc(C)n1.Cc1nsnc1C. The van der Waals surface area contributed by atoms with Crippen molar-refractivity contribution in [3.8, 4) is 0 Å². The van der Waals surface area contributed by atoms with Crippen LogP contribution in [0.25, 0.3) is 0 Å². The Kier molecular flexibility index (Phi) is 72.9. The molecule has 1 aliphatic heterocycles. The number of allylic oxidation sites excluding steroid dienone is 2. The number of imidazole rings is 2. The zero-order valence-corrected chi connectivity index (χ0v) is 68.6. The Morgan fingerprint density at radius 3 is 1.07 bits per heavy atom. The maximum absolute atomic E-state index is 4.86. The Balaban J connectivity index is -0.000000228. The van der Waals surface area contributed by atoms with Crippen LogP contribution in [0.1, 0.15) is 203 Å². The van der Waals surface area contributed by atoms with E-state index < -0.39 is 0 Å². The van der Waals surface area contributed by atoms with E-state index in [0.717, 1.165) is 78.8 Å². The predicted molar refractivity (Wildman–Crippen MR) is 405 cm³/mol. The third kappa shape index (κ3) is 66.4. The van der Waals surface area contributed by atoms with Crippen molar-refractivity contribution in [3.05, 3.63) is 178 Å². The van der Waals surface area contributed by atoms with Crippen LogP contribution in [-0.4, -0.2) is 109 Å². The molecule has 26 nitrogen and oxygen atoms in total. The number of aromatic amines is 2. The topological polar surface area (TPSA) is 341 Å². The average Bonchev–Trinajstić information content (AvgIpc) is 2.23. The van der Waals surface area contributed by atoms with Crippen LogP contribution < -0.4 is 0 Å². The second-order valence-electron chi connectivity index (χ2n) is 16.7. The van der Waals surface area contributed by atoms with Gasteiger partial charge < -0.3 is 23.4 Å². The van der Waals surface area contributed by atoms with E-state index in [0.29, 0.717) is 35.2 Å². The highest BCUT2D eigenvalue weighted by atomic mass is 32.1. The summed E-state index contributed by atoms with van der Waals surface area (Å²) in [5.74, 6) is 6.60. The monoisotopic (exact) mass is 1460 g/mol. The molecule has 0 bridgehead atoms. The molecule has 0 saturated heterocycles. The summed E-state index contributed by atoms with van der Waals surface area (Å²) in [6, 6.07) is 0. The van der Waals surface area contributed by atoms with Crippen molar-refractivity contribution in [1.82, 2.24) is 103 Å². The minimum Gasteiger partial charge on any atom is -0.426 e. The van der Waals surface area contributed by atoms with Gasteiger partial charge in [0.15, 0.2) is 11.6 Å². The zero-order valence-electron chi connectivity index (χ0n) is 63.7. The summed E-state index contributed by atoms with van der Waals surface area (Å²) in [7, 11) is 0. The first-order valence-corrected chi connectivity index (χ1v) is 36.4. The zero-order chi connectivity index (χ0) is 75.4. The summed E-state index contributed by atoms with van der Waals surface area (Å²) in [4.78, 5) is 46.1. The van der Waals surface area contributed by atoms with Gasteiger partial charge in [-0.3, -0.25) is 19.9 Å². The van der Waals surface area contributed by atoms with Gasteiger partial charge in [0.25, 0.3) is 0 Å². The van der Waals surface area contributed by atoms with Gasteiger partial charge >= 0.3 is 0 Å². The molecule has 32 heteroatoms. The number of aryl methyl sites for hydroxylation is 19. The molecular weight excluding hydrogens is 1350 g/mol. The number of hydrogen-bond donors (Lipinski definition) is 2. The van der Waals surface area contributed by atoms with Gasteiger partial charge in [0.1, 0.15) is 38.9 Å². The first-order valence-electron chi connectivity index (χ1n) is 31.4. The molecule has 0 unspecified atom stereocenters. The van der Waals surface area contributed by atoms with Crippen LogP contribution in [0.5, 0.6) is 0 Å². The molecule has 97 heavy (non-hydrogen) atoms. The number of aliphatic imine (C=N–C) groups is 1. The van der Waals surface area contributed by atoms with Crippen LogP contribution in [0.15, 0.2) is 94.0 Å². The van der Waals surface area contributed by atoms with E-state index in [-0.39, 0.29) is 0 Å². The van der Waals surface area contributed by atoms with E-state index in [1.165, 1.54) is 39.7 Å². The number of thiazole rings is 3. The highest BCUT2D eigenvalue weighted by Crippen LogP contribution is 2.04. The second-order valence-corrected chi connectivity index (χ2v) is 22.1. The van der Waals surface area contributed by atoms with Crippen LogP contribution in [0.4, 0.5) is 0 Å². The van der Waals surface area contributed by atoms with E-state index >= 15 is 0 Å². The minimum atomic E-state index is 0.623. The van der Waals surface area contributed by atoms with E-state index in [1.807, 2.05) is 214 Å². The molecule has 0 amide bonds. The summed E-state index contributed by atoms with van der Waals surface area (Å²) in [6.07, 6.45) is 15.7. The van der Waals surface area contributed by atoms with Gasteiger partial charge in [0.05, 0.1) is 45.5 Å². The number of aromatic nitrogens is 21. The smallest absolute Gasteiger partial charge is 0.223 e. The predicted octanol–water partition coefficient (Wildman–Crippen LogP) is 19.5. The lowest BCUT2D eigenvalue weighted by Gasteiger charge is -1.75. The van der Waals surface area contributed by atoms with E-state index in [1.54, 1.807) is 107 Å². The van der Waals surface area contributed by atoms with Crippen LogP contribution >= 0.6 is 68.8 Å². The van der Waals surface area contributed by atoms with Crippen molar-refractivity contribution in [2.24, 2.45) is 4.99 Å². The molecule has 0 aliphatic carbocycles. The number of nitrogens with zero attached hydrogens (tertiary/aromatic N) is 20. The van der Waals surface area contributed by atoms with Gasteiger partial charge in [-0.05, 0) is 134 Å². The Labute approximate surface area is 602 Å². The molecule has 0 spiro atoms. The van der Waals surface area contributed by atoms with Gasteiger partial charge in [0, 0.05) is 104 Å². The lowest BCUT2D eigenvalue weighted by Crippen LogP contribution is -1.71. The van der Waals surface area contributed by atoms with Crippen molar-refractivity contribution in [1.29, 1.82) is 0 Å². The van der Waals surface area contributed by atoms with Crippen molar-refractivity contribution in [2.75, 3.05) is 0 Å². The lowest BCUT2D eigenvalue weighted by atomic mass is 10.4. The minimum absolute atomic E-state index is 0.623. The molecule has 1 aliphatic rings. The van der Waals surface area contributed by atoms with Gasteiger partial charge in [-0.2, -0.15) is 27.5 Å². The van der Waals surface area contributed by atoms with E-state index in [2.05, 4.69) is 128 Å². The molecule has 13 rings (SSSR count). The largest absolute Gasteiger partial charge is 0.426 e. The molecule has 12 aromatic heterocycles. The normalized spacial score (nSPS) is 9.01. The number of H-pyrrole nitrogens is 2. The Hall–Kier alpha value is -8.04. The Morgan fingerprint density at radius 1 is 0.454 bits per heavy atom. The molecule has 0 aromatic carbocycles. The third-order valence-electron chi connectivity index (χ3n) is 8.65. The summed E-state index contributed by atoms with van der Waals surface area (Å²) in [6.45, 7) is 61.8. The average molecular weight is 1460 g/mol. The van der Waals surface area contributed by atoms with Crippen LogP contribution in [0, 0.1) is 132 Å². The Bertz CT molecular complexity index is 2910. The lowest BCUT2D eigenvalue weighted by molar-refractivity contribution is 0.302. The molecule has 0 radical (unpaired) electrons. The van der Waals surface area contributed by atoms with Gasteiger partial charge in [-0.25, -0.2) is 24.6 Å². The standard InChI is InChI=1S/C5H7N.4C4H6N2O.3C4H6N2S.2C4H6N2.3C4H5NS.6C2H6/c1-5-3-2-4-6-5;1-3-5-6-4(2)7-3;2*1-3-5-4(2)7-6-3;1-3-4(2)6-7-5-3;2*1-3-5-4(2)7-6-3;1-3-4(2)6-7-5-3;1-4-2-5-3-6-4;1-4-5-2-3-6-4;1-4-2-6-3-5-4;1-4-2-5-3-6-4;1-4-5-2-3-6-4;6*1-2/h3-4H,2H2,1H3;7*1-2H3;2*2-3H,1H3,(H,5,6);3*2-3H,1H3;6*1-2H3. The van der Waals surface area contributed by atoms with Gasteiger partial charge in [-0.1, -0.05) is 110 Å². The number of rotatable bonds is 0. The van der Waals surface area contributed by atoms with Crippen LogP contribution in [-0.2, 0) is 0 Å². The van der Waals surface area contributed by atoms with Gasteiger partial charge in [0.2, 0.25) is 23.6 Å². The number of hydrogen-bond acceptors (Lipinski definition) is 30. The van der Waals surface area contributed by atoms with E-state index in [4.69, 9.17) is 4.42 Å². The summed E-state index contributed by atoms with van der Waals surface area (Å²) in [5, 5.41) is 28.5. The molecule has 2 N–H and O–H groups in total. The summed E-state index contributed by atoms with van der Waals surface area (Å²) >= 11 is 9.11. The fraction of sp³-hybridized carbons (Fsp3) is 0.508.